The van der Waals surface area contributed by atoms with Gasteiger partial charge in [0.15, 0.2) is 11.5 Å². The van der Waals surface area contributed by atoms with Gasteiger partial charge in [-0.25, -0.2) is 0 Å². The van der Waals surface area contributed by atoms with Gasteiger partial charge in [0.2, 0.25) is 5.95 Å². The number of nitrogens with one attached hydrogen (secondary N) is 2. The van der Waals surface area contributed by atoms with E-state index in [0.717, 1.165) is 29.8 Å². The summed E-state index contributed by atoms with van der Waals surface area (Å²) < 4.78 is 1.64. The fourth-order valence-corrected chi connectivity index (χ4v) is 3.08. The minimum absolute atomic E-state index is 0. The van der Waals surface area contributed by atoms with Gasteiger partial charge in [0.1, 0.15) is 0 Å². The fourth-order valence-electron chi connectivity index (χ4n) is 3.08. The Balaban J connectivity index is 0.00000196. The van der Waals surface area contributed by atoms with Crippen molar-refractivity contribution in [2.45, 2.75) is 12.5 Å². The van der Waals surface area contributed by atoms with Crippen molar-refractivity contribution in [1.29, 1.82) is 0 Å². The van der Waals surface area contributed by atoms with Crippen LogP contribution in [0.5, 0.6) is 11.5 Å². The second-order valence-electron chi connectivity index (χ2n) is 5.93. The number of tetrazole rings is 1. The molecular weight excluding hydrogens is 356 g/mol. The van der Waals surface area contributed by atoms with E-state index < -0.39 is 0 Å². The maximum absolute atomic E-state index is 9.80. The first kappa shape index (κ1) is 18.0. The molecule has 1 unspecified atom stereocenters. The molecule has 1 atom stereocenters. The van der Waals surface area contributed by atoms with Crippen LogP contribution in [-0.2, 0) is 6.42 Å². The Morgan fingerprint density at radius 3 is 2.73 bits per heavy atom. The van der Waals surface area contributed by atoms with Gasteiger partial charge in [0.25, 0.3) is 0 Å². The average Bonchev–Trinajstić information content (AvgIpc) is 3.10. The molecule has 8 nitrogen and oxygen atoms in total. The highest BCUT2D eigenvalue weighted by atomic mass is 35.5. The maximum atomic E-state index is 9.80. The summed E-state index contributed by atoms with van der Waals surface area (Å²) in [5.41, 5.74) is 2.87. The summed E-state index contributed by atoms with van der Waals surface area (Å²) >= 11 is 0. The molecule has 0 amide bonds. The highest BCUT2D eigenvalue weighted by Gasteiger charge is 2.22. The molecule has 4 N–H and O–H groups in total. The van der Waals surface area contributed by atoms with Crippen LogP contribution >= 0.6 is 12.4 Å². The number of phenols is 2. The molecule has 0 saturated heterocycles. The minimum Gasteiger partial charge on any atom is -0.504 e. The highest BCUT2D eigenvalue weighted by molar-refractivity contribution is 5.85. The zero-order valence-corrected chi connectivity index (χ0v) is 14.6. The van der Waals surface area contributed by atoms with Crippen molar-refractivity contribution in [2.75, 3.05) is 18.4 Å². The molecule has 0 spiro atoms. The van der Waals surface area contributed by atoms with Gasteiger partial charge in [-0.05, 0) is 58.8 Å². The Morgan fingerprint density at radius 1 is 1.15 bits per heavy atom. The lowest BCUT2D eigenvalue weighted by molar-refractivity contribution is 0.399. The molecule has 1 aliphatic rings. The van der Waals surface area contributed by atoms with Crippen molar-refractivity contribution in [3.8, 4) is 17.2 Å². The van der Waals surface area contributed by atoms with Crippen LogP contribution in [0.1, 0.15) is 17.2 Å². The van der Waals surface area contributed by atoms with Gasteiger partial charge in [-0.1, -0.05) is 23.3 Å². The molecule has 0 fully saturated rings. The lowest BCUT2D eigenvalue weighted by Crippen LogP contribution is -2.34. The van der Waals surface area contributed by atoms with Gasteiger partial charge in [0, 0.05) is 6.54 Å². The van der Waals surface area contributed by atoms with Crippen LogP contribution in [0.2, 0.25) is 0 Å². The van der Waals surface area contributed by atoms with Crippen LogP contribution < -0.4 is 10.6 Å². The molecule has 4 rings (SSSR count). The van der Waals surface area contributed by atoms with Gasteiger partial charge >= 0.3 is 0 Å². The number of anilines is 1. The van der Waals surface area contributed by atoms with E-state index in [1.165, 1.54) is 0 Å². The Bertz CT molecular complexity index is 886. The van der Waals surface area contributed by atoms with E-state index in [4.69, 9.17) is 0 Å². The molecule has 0 aliphatic carbocycles. The van der Waals surface area contributed by atoms with Gasteiger partial charge < -0.3 is 20.8 Å². The number of aromatic nitrogens is 4. The number of nitrogens with zero attached hydrogens (tertiary/aromatic N) is 4. The van der Waals surface area contributed by atoms with Crippen molar-refractivity contribution >= 4 is 18.4 Å². The summed E-state index contributed by atoms with van der Waals surface area (Å²) in [6.45, 7) is 1.34. The number of fused-ring (bicyclic) bond motifs is 1. The van der Waals surface area contributed by atoms with E-state index in [9.17, 15) is 10.2 Å². The molecule has 3 aromatic rings. The lowest BCUT2D eigenvalue weighted by Gasteiger charge is -2.27. The summed E-state index contributed by atoms with van der Waals surface area (Å²) in [4.78, 5) is 0. The zero-order valence-electron chi connectivity index (χ0n) is 13.8. The second-order valence-corrected chi connectivity index (χ2v) is 5.93. The van der Waals surface area contributed by atoms with Crippen molar-refractivity contribution in [1.82, 2.24) is 25.5 Å². The van der Waals surface area contributed by atoms with Gasteiger partial charge in [-0.15, -0.1) is 12.4 Å². The molecule has 2 heterocycles. The van der Waals surface area contributed by atoms with Crippen LogP contribution in [0.15, 0.2) is 42.5 Å². The molecule has 1 aliphatic heterocycles. The minimum atomic E-state index is -0.110. The van der Waals surface area contributed by atoms with Crippen LogP contribution in [-0.4, -0.2) is 43.5 Å². The van der Waals surface area contributed by atoms with Crippen molar-refractivity contribution in [3.63, 3.8) is 0 Å². The van der Waals surface area contributed by atoms with Crippen molar-refractivity contribution < 1.29 is 10.2 Å². The number of halogens is 1. The van der Waals surface area contributed by atoms with E-state index in [-0.39, 0.29) is 29.9 Å². The number of phenolic OH excluding ortho intramolecular Hbond substituents is 2. The number of hydrogen-bond donors (Lipinski definition) is 4. The predicted molar refractivity (Wildman–Crippen MR) is 99.1 cm³/mol. The third-order valence-electron chi connectivity index (χ3n) is 4.33. The van der Waals surface area contributed by atoms with Crippen LogP contribution in [0.3, 0.4) is 0 Å². The summed E-state index contributed by atoms with van der Waals surface area (Å²) in [5.74, 6) is 0.352. The largest absolute Gasteiger partial charge is 0.504 e. The predicted octanol–water partition coefficient (Wildman–Crippen LogP) is 1.79. The molecule has 2 aromatic carbocycles. The van der Waals surface area contributed by atoms with Crippen molar-refractivity contribution in [2.24, 2.45) is 0 Å². The van der Waals surface area contributed by atoms with Crippen LogP contribution in [0.25, 0.3) is 5.69 Å². The van der Waals surface area contributed by atoms with E-state index in [1.807, 2.05) is 30.3 Å². The standard InChI is InChI=1S/C17H18N6O2.ClH/c24-15-8-11-6-7-18-14(13(11)9-16(15)25)10-19-17-20-21-22-23(17)12-4-2-1-3-5-12;/h1-5,8-9,14,18,24-25H,6-7,10H2,(H,19,20,22);1H. The summed E-state index contributed by atoms with van der Waals surface area (Å²) in [6, 6.07) is 12.9. The second kappa shape index (κ2) is 7.59. The third kappa shape index (κ3) is 3.42. The summed E-state index contributed by atoms with van der Waals surface area (Å²) in [5, 5.41) is 38.0. The normalized spacial score (nSPS) is 15.8. The monoisotopic (exact) mass is 374 g/mol. The smallest absolute Gasteiger partial charge is 0.247 e. The first-order chi connectivity index (χ1) is 12.2. The lowest BCUT2D eigenvalue weighted by atomic mass is 9.93. The fraction of sp³-hybridized carbons (Fsp3) is 0.235. The number of benzene rings is 2. The number of aromatic hydroxyl groups is 2. The zero-order chi connectivity index (χ0) is 17.2. The number of para-hydroxylation sites is 1. The van der Waals surface area contributed by atoms with Gasteiger partial charge in [-0.3, -0.25) is 0 Å². The third-order valence-corrected chi connectivity index (χ3v) is 4.33. The Hall–Kier alpha value is -2.84. The first-order valence-corrected chi connectivity index (χ1v) is 8.08. The molecule has 9 heteroatoms. The van der Waals surface area contributed by atoms with E-state index >= 15 is 0 Å². The van der Waals surface area contributed by atoms with Gasteiger partial charge in [0.05, 0.1) is 11.7 Å². The Morgan fingerprint density at radius 2 is 1.92 bits per heavy atom. The molecule has 0 radical (unpaired) electrons. The van der Waals surface area contributed by atoms with Crippen LogP contribution in [0, 0.1) is 0 Å². The summed E-state index contributed by atoms with van der Waals surface area (Å²) in [6.07, 6.45) is 0.807. The number of rotatable bonds is 4. The van der Waals surface area contributed by atoms with Crippen LogP contribution in [0.4, 0.5) is 5.95 Å². The van der Waals surface area contributed by atoms with E-state index in [1.54, 1.807) is 16.8 Å². The quantitative estimate of drug-likeness (QED) is 0.515. The molecule has 136 valence electrons. The average molecular weight is 375 g/mol. The topological polar surface area (TPSA) is 108 Å². The number of hydrogen-bond acceptors (Lipinski definition) is 7. The SMILES string of the molecule is Cl.Oc1cc2c(cc1O)C(CNc1nnnn1-c1ccccc1)NCC2. The highest BCUT2D eigenvalue weighted by Crippen LogP contribution is 2.33. The van der Waals surface area contributed by atoms with E-state index in [0.29, 0.717) is 12.5 Å². The Kier molecular flexibility index (Phi) is 5.24. The molecule has 0 bridgehead atoms. The van der Waals surface area contributed by atoms with E-state index in [2.05, 4.69) is 26.2 Å². The molecular formula is C17H19ClN6O2. The molecule has 26 heavy (non-hydrogen) atoms. The molecule has 1 aromatic heterocycles. The molecule has 0 saturated carbocycles. The van der Waals surface area contributed by atoms with Crippen molar-refractivity contribution in [3.05, 3.63) is 53.6 Å². The Labute approximate surface area is 156 Å². The first-order valence-electron chi connectivity index (χ1n) is 8.08. The summed E-state index contributed by atoms with van der Waals surface area (Å²) in [7, 11) is 0. The van der Waals surface area contributed by atoms with Gasteiger partial charge in [-0.2, -0.15) is 4.68 Å². The maximum Gasteiger partial charge on any atom is 0.247 e.